The van der Waals surface area contributed by atoms with Crippen LogP contribution in [0.15, 0.2) is 24.3 Å². The molecule has 0 bridgehead atoms. The molecule has 5 atom stereocenters. The van der Waals surface area contributed by atoms with Crippen molar-refractivity contribution in [2.45, 2.75) is 82.6 Å². The van der Waals surface area contributed by atoms with Crippen LogP contribution in [0.25, 0.3) is 0 Å². The van der Waals surface area contributed by atoms with E-state index in [1.807, 2.05) is 5.32 Å². The third-order valence-corrected chi connectivity index (χ3v) is 7.81. The summed E-state index contributed by atoms with van der Waals surface area (Å²) in [5.74, 6) is -9.55. The monoisotopic (exact) mass is 808 g/mol. The second kappa shape index (κ2) is 24.9. The summed E-state index contributed by atoms with van der Waals surface area (Å²) in [6.07, 6.45) is -1.22. The number of carbonyl (C=O) groups is 10. The molecule has 23 heteroatoms. The van der Waals surface area contributed by atoms with Gasteiger partial charge in [0.2, 0.25) is 53.2 Å². The number of nitrogens with two attached hydrogens (primary N) is 3. The predicted molar refractivity (Wildman–Crippen MR) is 198 cm³/mol. The maximum atomic E-state index is 13.3. The first kappa shape index (κ1) is 48.7. The molecule has 1 aromatic rings. The van der Waals surface area contributed by atoms with E-state index in [1.165, 1.54) is 12.1 Å². The summed E-state index contributed by atoms with van der Waals surface area (Å²) in [4.78, 5) is 123. The molecule has 0 fully saturated rings. The quantitative estimate of drug-likeness (QED) is 0.0415. The number of aromatic hydroxyl groups is 1. The molecule has 316 valence electrons. The first-order valence-electron chi connectivity index (χ1n) is 17.7. The summed E-state index contributed by atoms with van der Waals surface area (Å²) in [5, 5.41) is 43.8. The van der Waals surface area contributed by atoms with Gasteiger partial charge in [0.25, 0.3) is 0 Å². The Morgan fingerprint density at radius 2 is 1.05 bits per heavy atom. The second-order valence-corrected chi connectivity index (χ2v) is 13.2. The predicted octanol–water partition coefficient (Wildman–Crippen LogP) is -5.80. The van der Waals surface area contributed by atoms with Gasteiger partial charge in [-0.2, -0.15) is 0 Å². The van der Waals surface area contributed by atoms with Crippen molar-refractivity contribution < 1.29 is 63.3 Å². The van der Waals surface area contributed by atoms with E-state index in [2.05, 4.69) is 31.9 Å². The fourth-order valence-corrected chi connectivity index (χ4v) is 4.90. The minimum absolute atomic E-state index is 0.0255. The highest BCUT2D eigenvalue weighted by molar-refractivity contribution is 5.96. The van der Waals surface area contributed by atoms with Gasteiger partial charge in [-0.15, -0.1) is 0 Å². The molecule has 0 saturated carbocycles. The molecule has 0 aliphatic rings. The van der Waals surface area contributed by atoms with Crippen LogP contribution in [0.4, 0.5) is 0 Å². The van der Waals surface area contributed by atoms with Crippen LogP contribution in [0, 0.1) is 5.92 Å². The van der Waals surface area contributed by atoms with Crippen LogP contribution >= 0.6 is 0 Å². The van der Waals surface area contributed by atoms with Crippen molar-refractivity contribution in [3.63, 3.8) is 0 Å². The van der Waals surface area contributed by atoms with Crippen LogP contribution < -0.4 is 54.4 Å². The number of carbonyl (C=O) groups excluding carboxylic acids is 9. The lowest BCUT2D eigenvalue weighted by molar-refractivity contribution is -0.138. The minimum atomic E-state index is -1.67. The van der Waals surface area contributed by atoms with E-state index in [0.717, 1.165) is 0 Å². The summed E-state index contributed by atoms with van der Waals surface area (Å²) >= 11 is 0. The number of nitrogens with one attached hydrogen (secondary N) is 7. The summed E-state index contributed by atoms with van der Waals surface area (Å²) in [6, 6.07) is -0.906. The molecule has 57 heavy (non-hydrogen) atoms. The van der Waals surface area contributed by atoms with E-state index < -0.39 is 116 Å². The van der Waals surface area contributed by atoms with Crippen molar-refractivity contribution >= 4 is 59.1 Å². The second-order valence-electron chi connectivity index (χ2n) is 13.2. The standard InChI is InChI=1S/C34H52N10O13/c1-17(2)11-23(32(55)39-14-28(50)42-24(16-45)34(57)43-21(7-9-25(36)47)31(54)40-15-29(51)52)44-33(56)22(8-10-26(37)48)41-27(49)13-38-30(53)20(35)12-18-3-5-19(46)6-4-18/h3-6,17,20-24,45-46H,7-16,35H2,1-2H3,(H2,36,47)(H2,37,48)(H,38,53)(H,39,55)(H,40,54)(H,41,49)(H,42,50)(H,43,57)(H,44,56)(H,51,52)/t20-,21-,22-,23-,24-/m0/s1. The van der Waals surface area contributed by atoms with E-state index in [1.54, 1.807) is 26.0 Å². The first-order chi connectivity index (χ1) is 26.7. The number of rotatable bonds is 26. The molecule has 0 spiro atoms. The van der Waals surface area contributed by atoms with Gasteiger partial charge in [-0.1, -0.05) is 26.0 Å². The Bertz CT molecular complexity index is 1610. The number of amides is 9. The molecule has 1 rings (SSSR count). The summed E-state index contributed by atoms with van der Waals surface area (Å²) < 4.78 is 0. The average Bonchev–Trinajstić information content (AvgIpc) is 3.14. The van der Waals surface area contributed by atoms with Crippen LogP contribution in [0.2, 0.25) is 0 Å². The van der Waals surface area contributed by atoms with Crippen LogP contribution in [-0.2, 0) is 54.4 Å². The number of aliphatic carboxylic acids is 1. The van der Waals surface area contributed by atoms with E-state index >= 15 is 0 Å². The molecular formula is C34H52N10O13. The third-order valence-electron chi connectivity index (χ3n) is 7.81. The number of hydrogen-bond acceptors (Lipinski definition) is 13. The minimum Gasteiger partial charge on any atom is -0.508 e. The Morgan fingerprint density at radius 3 is 1.54 bits per heavy atom. The Labute approximate surface area is 327 Å². The van der Waals surface area contributed by atoms with Crippen LogP contribution in [-0.4, -0.2) is 131 Å². The number of aliphatic hydroxyl groups is 1. The molecule has 1 aromatic carbocycles. The van der Waals surface area contributed by atoms with Crippen molar-refractivity contribution in [1.29, 1.82) is 0 Å². The highest BCUT2D eigenvalue weighted by atomic mass is 16.4. The first-order valence-corrected chi connectivity index (χ1v) is 17.7. The smallest absolute Gasteiger partial charge is 0.322 e. The van der Waals surface area contributed by atoms with Crippen LogP contribution in [0.1, 0.15) is 51.5 Å². The Morgan fingerprint density at radius 1 is 0.614 bits per heavy atom. The van der Waals surface area contributed by atoms with E-state index in [0.29, 0.717) is 5.56 Å². The highest BCUT2D eigenvalue weighted by Gasteiger charge is 2.30. The van der Waals surface area contributed by atoms with Crippen molar-refractivity contribution in [3.8, 4) is 5.75 Å². The van der Waals surface area contributed by atoms with Gasteiger partial charge in [-0.25, -0.2) is 0 Å². The maximum absolute atomic E-state index is 13.3. The van der Waals surface area contributed by atoms with E-state index in [4.69, 9.17) is 22.3 Å². The average molecular weight is 809 g/mol. The van der Waals surface area contributed by atoms with E-state index in [9.17, 15) is 58.2 Å². The normalized spacial score (nSPS) is 13.4. The summed E-state index contributed by atoms with van der Waals surface area (Å²) in [7, 11) is 0. The lowest BCUT2D eigenvalue weighted by Gasteiger charge is -2.24. The van der Waals surface area contributed by atoms with Crippen molar-refractivity contribution in [2.75, 3.05) is 26.2 Å². The number of carboxylic acid groups (broad SMARTS) is 1. The molecule has 0 aliphatic heterocycles. The SMILES string of the molecule is CC(C)C[C@H](NC(=O)[C@H](CCC(N)=O)NC(=O)CNC(=O)[C@@H](N)Cc1ccc(O)cc1)C(=O)NCC(=O)N[C@@H](CO)C(=O)N[C@@H](CCC(N)=O)C(=O)NCC(=O)O. The molecule has 0 aromatic heterocycles. The van der Waals surface area contributed by atoms with Crippen molar-refractivity contribution in [1.82, 2.24) is 37.2 Å². The fourth-order valence-electron chi connectivity index (χ4n) is 4.90. The molecule has 0 aliphatic carbocycles. The van der Waals surface area contributed by atoms with Gasteiger partial charge >= 0.3 is 5.97 Å². The zero-order valence-corrected chi connectivity index (χ0v) is 31.5. The number of primary amides is 2. The van der Waals surface area contributed by atoms with E-state index in [-0.39, 0.29) is 50.2 Å². The number of benzene rings is 1. The fraction of sp³-hybridized carbons (Fsp3) is 0.529. The van der Waals surface area contributed by atoms with Crippen molar-refractivity contribution in [3.05, 3.63) is 29.8 Å². The number of aliphatic hydroxyl groups excluding tert-OH is 1. The lowest BCUT2D eigenvalue weighted by atomic mass is 10.0. The summed E-state index contributed by atoms with van der Waals surface area (Å²) in [6.45, 7) is 0.293. The van der Waals surface area contributed by atoms with Gasteiger partial charge in [0.1, 0.15) is 36.5 Å². The Hall–Kier alpha value is -6.36. The molecule has 0 saturated heterocycles. The van der Waals surface area contributed by atoms with Gasteiger partial charge in [-0.05, 0) is 49.3 Å². The number of hydrogen-bond donors (Lipinski definition) is 13. The lowest BCUT2D eigenvalue weighted by Crippen LogP contribution is -2.57. The Balaban J connectivity index is 2.89. The number of phenolic OH excluding ortho intramolecular Hbond substituents is 1. The molecule has 9 amide bonds. The molecule has 0 radical (unpaired) electrons. The molecular weight excluding hydrogens is 756 g/mol. The van der Waals surface area contributed by atoms with Crippen molar-refractivity contribution in [2.24, 2.45) is 23.1 Å². The number of phenols is 1. The Kier molecular flexibility index (Phi) is 21.3. The molecule has 0 unspecified atom stereocenters. The summed E-state index contributed by atoms with van der Waals surface area (Å²) in [5.41, 5.74) is 16.9. The van der Waals surface area contributed by atoms with Gasteiger partial charge < -0.3 is 69.7 Å². The van der Waals surface area contributed by atoms with Crippen LogP contribution in [0.3, 0.4) is 0 Å². The zero-order valence-electron chi connectivity index (χ0n) is 31.5. The zero-order chi connectivity index (χ0) is 43.2. The van der Waals surface area contributed by atoms with Gasteiger partial charge in [0.15, 0.2) is 0 Å². The topological polar surface area (TPSA) is 394 Å². The number of carboxylic acids is 1. The van der Waals surface area contributed by atoms with Gasteiger partial charge in [0.05, 0.1) is 25.7 Å². The molecule has 23 nitrogen and oxygen atoms in total. The van der Waals surface area contributed by atoms with Gasteiger partial charge in [0, 0.05) is 12.8 Å². The largest absolute Gasteiger partial charge is 0.508 e. The van der Waals surface area contributed by atoms with Crippen LogP contribution in [0.5, 0.6) is 5.75 Å². The highest BCUT2D eigenvalue weighted by Crippen LogP contribution is 2.11. The molecule has 16 N–H and O–H groups in total. The molecule has 0 heterocycles. The van der Waals surface area contributed by atoms with Gasteiger partial charge in [-0.3, -0.25) is 47.9 Å². The maximum Gasteiger partial charge on any atom is 0.322 e. The third kappa shape index (κ3) is 20.2.